The average Bonchev–Trinajstić information content (AvgIpc) is 3.33. The molecule has 3 aromatic rings. The number of nitrogens with zero attached hydrogens (tertiary/aromatic N) is 7. The van der Waals surface area contributed by atoms with Crippen molar-refractivity contribution in [3.05, 3.63) is 47.7 Å². The lowest BCUT2D eigenvalue weighted by molar-refractivity contribution is 0.0996. The molecule has 0 bridgehead atoms. The fourth-order valence-corrected chi connectivity index (χ4v) is 3.22. The third-order valence-electron chi connectivity index (χ3n) is 4.89. The Labute approximate surface area is 167 Å². The molecule has 0 aliphatic carbocycles. The first-order chi connectivity index (χ1) is 13.8. The zero-order valence-electron chi connectivity index (χ0n) is 16.5. The minimum absolute atomic E-state index is 0.128. The number of methoxy groups -OCH3 is 1. The number of aromatic nitrogens is 5. The molecule has 1 aliphatic rings. The fourth-order valence-electron chi connectivity index (χ4n) is 3.22. The smallest absolute Gasteiger partial charge is 0.316 e. The molecule has 3 aromatic heterocycles. The second-order valence-corrected chi connectivity index (χ2v) is 7.31. The van der Waals surface area contributed by atoms with Crippen molar-refractivity contribution in [2.45, 2.75) is 32.9 Å². The molecule has 4 rings (SSSR count). The van der Waals surface area contributed by atoms with Crippen LogP contribution in [0.15, 0.2) is 30.9 Å². The summed E-state index contributed by atoms with van der Waals surface area (Å²) < 4.78 is 6.55. The predicted molar refractivity (Wildman–Crippen MR) is 104 cm³/mol. The molecule has 29 heavy (non-hydrogen) atoms. The van der Waals surface area contributed by atoms with Crippen LogP contribution in [0.4, 0.5) is 5.69 Å². The number of aryl methyl sites for hydroxylation is 1. The van der Waals surface area contributed by atoms with Gasteiger partial charge in [0, 0.05) is 18.0 Å². The summed E-state index contributed by atoms with van der Waals surface area (Å²) in [7, 11) is 1.51. The van der Waals surface area contributed by atoms with E-state index in [1.165, 1.54) is 7.11 Å². The Bertz CT molecular complexity index is 1140. The highest BCUT2D eigenvalue weighted by Crippen LogP contribution is 2.32. The van der Waals surface area contributed by atoms with Gasteiger partial charge in [-0.1, -0.05) is 0 Å². The van der Waals surface area contributed by atoms with Gasteiger partial charge in [0.15, 0.2) is 0 Å². The molecule has 0 aromatic carbocycles. The maximum absolute atomic E-state index is 13.0. The molecule has 146 valence electrons. The number of carbonyl (C=O) groups excluding carboxylic acids is 1. The second-order valence-electron chi connectivity index (χ2n) is 7.31. The summed E-state index contributed by atoms with van der Waals surface area (Å²) >= 11 is 0. The zero-order valence-corrected chi connectivity index (χ0v) is 16.5. The molecule has 9 heteroatoms. The van der Waals surface area contributed by atoms with E-state index in [4.69, 9.17) is 4.74 Å². The minimum Gasteiger partial charge on any atom is -0.467 e. The van der Waals surface area contributed by atoms with E-state index in [9.17, 15) is 10.1 Å². The normalized spacial score (nSPS) is 13.3. The van der Waals surface area contributed by atoms with Gasteiger partial charge in [0.1, 0.15) is 5.54 Å². The molecule has 1 aliphatic heterocycles. The van der Waals surface area contributed by atoms with Crippen LogP contribution in [-0.4, -0.2) is 37.7 Å². The van der Waals surface area contributed by atoms with Crippen LogP contribution in [0.25, 0.3) is 11.3 Å². The van der Waals surface area contributed by atoms with E-state index in [0.717, 1.165) is 11.1 Å². The summed E-state index contributed by atoms with van der Waals surface area (Å²) in [5.41, 5.74) is 3.38. The highest BCUT2D eigenvalue weighted by Gasteiger charge is 2.33. The lowest BCUT2D eigenvalue weighted by atomic mass is 10.1. The van der Waals surface area contributed by atoms with Crippen LogP contribution in [-0.2, 0) is 12.1 Å². The second kappa shape index (κ2) is 6.67. The molecule has 0 unspecified atom stereocenters. The van der Waals surface area contributed by atoms with Gasteiger partial charge in [0.2, 0.25) is 0 Å². The van der Waals surface area contributed by atoms with Gasteiger partial charge in [-0.15, -0.1) is 0 Å². The molecule has 4 heterocycles. The van der Waals surface area contributed by atoms with E-state index in [2.05, 4.69) is 26.1 Å². The molecular formula is C20H19N7O2. The molecule has 0 atom stereocenters. The number of fused-ring (bicyclic) bond motifs is 1. The first-order valence-corrected chi connectivity index (χ1v) is 8.99. The first-order valence-electron chi connectivity index (χ1n) is 8.99. The molecule has 1 amide bonds. The number of ether oxygens (including phenoxy) is 1. The van der Waals surface area contributed by atoms with Crippen molar-refractivity contribution in [3.63, 3.8) is 0 Å². The third-order valence-corrected chi connectivity index (χ3v) is 4.89. The van der Waals surface area contributed by atoms with Crippen molar-refractivity contribution in [1.82, 2.24) is 24.7 Å². The Hall–Kier alpha value is -3.80. The third kappa shape index (κ3) is 3.08. The summed E-state index contributed by atoms with van der Waals surface area (Å²) in [6.45, 7) is 5.75. The molecular weight excluding hydrogens is 370 g/mol. The number of hydrogen-bond acceptors (Lipinski definition) is 7. The van der Waals surface area contributed by atoms with Crippen molar-refractivity contribution in [3.8, 4) is 23.3 Å². The molecule has 0 N–H and O–H groups in total. The highest BCUT2D eigenvalue weighted by molar-refractivity contribution is 6.10. The van der Waals surface area contributed by atoms with Crippen LogP contribution in [0.5, 0.6) is 6.01 Å². The largest absolute Gasteiger partial charge is 0.467 e. The Morgan fingerprint density at radius 2 is 1.97 bits per heavy atom. The molecule has 0 saturated heterocycles. The molecule has 0 spiro atoms. The van der Waals surface area contributed by atoms with Crippen LogP contribution < -0.4 is 9.64 Å². The lowest BCUT2D eigenvalue weighted by Crippen LogP contribution is -2.25. The number of rotatable bonds is 4. The van der Waals surface area contributed by atoms with Crippen molar-refractivity contribution in [2.24, 2.45) is 0 Å². The molecule has 0 fully saturated rings. The summed E-state index contributed by atoms with van der Waals surface area (Å²) in [6, 6.07) is 4.33. The van der Waals surface area contributed by atoms with E-state index in [-0.39, 0.29) is 11.9 Å². The Balaban J connectivity index is 1.68. The van der Waals surface area contributed by atoms with Gasteiger partial charge in [0.05, 0.1) is 54.8 Å². The van der Waals surface area contributed by atoms with Crippen molar-refractivity contribution < 1.29 is 9.53 Å². The van der Waals surface area contributed by atoms with Crippen molar-refractivity contribution in [2.75, 3.05) is 12.0 Å². The maximum Gasteiger partial charge on any atom is 0.316 e. The summed E-state index contributed by atoms with van der Waals surface area (Å²) in [6.07, 6.45) is 6.59. The van der Waals surface area contributed by atoms with E-state index < -0.39 is 5.54 Å². The van der Waals surface area contributed by atoms with Gasteiger partial charge in [-0.3, -0.25) is 14.4 Å². The highest BCUT2D eigenvalue weighted by atomic mass is 16.5. The van der Waals surface area contributed by atoms with Gasteiger partial charge in [0.25, 0.3) is 5.91 Å². The van der Waals surface area contributed by atoms with Crippen LogP contribution in [0, 0.1) is 18.3 Å². The molecule has 0 saturated carbocycles. The Morgan fingerprint density at radius 1 is 1.24 bits per heavy atom. The van der Waals surface area contributed by atoms with Crippen LogP contribution in [0.2, 0.25) is 0 Å². The zero-order chi connectivity index (χ0) is 20.8. The summed E-state index contributed by atoms with van der Waals surface area (Å²) in [5, 5.41) is 13.6. The predicted octanol–water partition coefficient (Wildman–Crippen LogP) is 2.47. The number of amides is 1. The SMILES string of the molecule is COc1ncc(-c2cc(C)c3c(n2)CN(c2cnn(C(C)(C)C#N)c2)C3=O)cn1. The quantitative estimate of drug-likeness (QED) is 0.674. The summed E-state index contributed by atoms with van der Waals surface area (Å²) in [5.74, 6) is -0.128. The van der Waals surface area contributed by atoms with Gasteiger partial charge in [-0.2, -0.15) is 10.4 Å². The molecule has 9 nitrogen and oxygen atoms in total. The van der Waals surface area contributed by atoms with Crippen molar-refractivity contribution >= 4 is 11.6 Å². The lowest BCUT2D eigenvalue weighted by Gasteiger charge is -2.16. The number of carbonyl (C=O) groups is 1. The van der Waals surface area contributed by atoms with Crippen LogP contribution in [0.3, 0.4) is 0 Å². The fraction of sp³-hybridized carbons (Fsp3) is 0.300. The number of hydrogen-bond donors (Lipinski definition) is 0. The topological polar surface area (TPSA) is 110 Å². The van der Waals surface area contributed by atoms with E-state index >= 15 is 0 Å². The monoisotopic (exact) mass is 389 g/mol. The van der Waals surface area contributed by atoms with Gasteiger partial charge in [-0.05, 0) is 32.4 Å². The minimum atomic E-state index is -0.802. The number of anilines is 1. The first kappa shape index (κ1) is 18.6. The summed E-state index contributed by atoms with van der Waals surface area (Å²) in [4.78, 5) is 27.6. The van der Waals surface area contributed by atoms with Gasteiger partial charge in [-0.25, -0.2) is 15.0 Å². The van der Waals surface area contributed by atoms with Crippen molar-refractivity contribution in [1.29, 1.82) is 5.26 Å². The number of pyridine rings is 1. The maximum atomic E-state index is 13.0. The van der Waals surface area contributed by atoms with Crippen LogP contribution >= 0.6 is 0 Å². The van der Waals surface area contributed by atoms with E-state index in [1.807, 2.05) is 13.0 Å². The van der Waals surface area contributed by atoms with E-state index in [0.29, 0.717) is 29.2 Å². The van der Waals surface area contributed by atoms with Gasteiger partial charge < -0.3 is 4.74 Å². The Kier molecular flexibility index (Phi) is 4.27. The van der Waals surface area contributed by atoms with Crippen LogP contribution in [0.1, 0.15) is 35.5 Å². The standard InChI is InChI=1S/C20H19N7O2/c1-12-5-15(13-6-22-19(29-4)23-7-13)25-16-10-26(18(28)17(12)16)14-8-24-27(9-14)20(2,3)11-21/h5-9H,10H2,1-4H3. The molecule has 0 radical (unpaired) electrons. The average molecular weight is 389 g/mol. The Morgan fingerprint density at radius 3 is 2.62 bits per heavy atom. The van der Waals surface area contributed by atoms with E-state index in [1.54, 1.807) is 48.2 Å². The number of nitriles is 1. The van der Waals surface area contributed by atoms with Gasteiger partial charge >= 0.3 is 6.01 Å².